The van der Waals surface area contributed by atoms with Gasteiger partial charge in [0.1, 0.15) is 0 Å². The molecule has 3 nitrogen and oxygen atoms in total. The first-order valence-electron chi connectivity index (χ1n) is 3.82. The average Bonchev–Trinajstić information content (AvgIpc) is 2.07. The van der Waals surface area contributed by atoms with E-state index in [0.29, 0.717) is 0 Å². The van der Waals surface area contributed by atoms with Gasteiger partial charge in [0.2, 0.25) is 0 Å². The van der Waals surface area contributed by atoms with Crippen LogP contribution in [0, 0.1) is 5.41 Å². The summed E-state index contributed by atoms with van der Waals surface area (Å²) in [7, 11) is -2.41. The molecular formula is C6H13O3PS. The van der Waals surface area contributed by atoms with E-state index in [2.05, 4.69) is 19.2 Å². The zero-order chi connectivity index (χ0) is 7.95. The second kappa shape index (κ2) is 2.57. The van der Waals surface area contributed by atoms with E-state index in [1.54, 1.807) is 0 Å². The quantitative estimate of drug-likeness (QED) is 0.512. The van der Waals surface area contributed by atoms with Gasteiger partial charge in [0.25, 0.3) is 0 Å². The zero-order valence-electron chi connectivity index (χ0n) is 6.50. The fourth-order valence-electron chi connectivity index (χ4n) is 1.29. The van der Waals surface area contributed by atoms with Gasteiger partial charge in [0, 0.05) is 0 Å². The minimum absolute atomic E-state index is 0.123. The Morgan fingerprint density at radius 2 is 1.73 bits per heavy atom. The van der Waals surface area contributed by atoms with Crippen molar-refractivity contribution in [2.75, 3.05) is 19.8 Å². The Balaban J connectivity index is 2.12. The standard InChI is InChI=1S/C6H13O3PS/c1-2-6-3-7-10(11,8-4-6)9-5-6/h10-11H,2-5H2,1H3. The van der Waals surface area contributed by atoms with Gasteiger partial charge in [0.15, 0.2) is 0 Å². The van der Waals surface area contributed by atoms with Gasteiger partial charge in [-0.1, -0.05) is 0 Å². The van der Waals surface area contributed by atoms with Crippen LogP contribution in [0.1, 0.15) is 13.3 Å². The van der Waals surface area contributed by atoms with Crippen LogP contribution in [0.2, 0.25) is 0 Å². The van der Waals surface area contributed by atoms with Crippen LogP contribution in [-0.4, -0.2) is 19.8 Å². The molecule has 3 saturated heterocycles. The Labute approximate surface area is 72.1 Å². The minimum atomic E-state index is -2.41. The Morgan fingerprint density at radius 1 is 1.27 bits per heavy atom. The summed E-state index contributed by atoms with van der Waals surface area (Å²) >= 11 is 4.24. The summed E-state index contributed by atoms with van der Waals surface area (Å²) in [5.74, 6) is 0. The van der Waals surface area contributed by atoms with Crippen LogP contribution < -0.4 is 0 Å². The van der Waals surface area contributed by atoms with Crippen molar-refractivity contribution >= 4 is 19.4 Å². The van der Waals surface area contributed by atoms with Crippen molar-refractivity contribution in [2.24, 2.45) is 5.41 Å². The fourth-order valence-corrected chi connectivity index (χ4v) is 3.59. The molecular weight excluding hydrogens is 183 g/mol. The molecule has 3 rings (SSSR count). The first kappa shape index (κ1) is 8.27. The van der Waals surface area contributed by atoms with Gasteiger partial charge in [-0.25, -0.2) is 0 Å². The molecule has 66 valence electrons. The molecule has 3 aliphatic heterocycles. The molecule has 0 unspecified atom stereocenters. The van der Waals surface area contributed by atoms with Crippen LogP contribution >= 0.6 is 19.4 Å². The van der Waals surface area contributed by atoms with Crippen LogP contribution in [0.25, 0.3) is 0 Å². The Morgan fingerprint density at radius 3 is 2.09 bits per heavy atom. The van der Waals surface area contributed by atoms with Crippen LogP contribution in [0.3, 0.4) is 0 Å². The normalized spacial score (nSPS) is 43.8. The van der Waals surface area contributed by atoms with Crippen LogP contribution in [0.4, 0.5) is 0 Å². The van der Waals surface area contributed by atoms with Crippen LogP contribution in [-0.2, 0) is 13.6 Å². The van der Waals surface area contributed by atoms with Crippen molar-refractivity contribution in [1.29, 1.82) is 0 Å². The van der Waals surface area contributed by atoms with Gasteiger partial charge < -0.3 is 0 Å². The Bertz CT molecular complexity index is 151. The molecule has 0 atom stereocenters. The predicted molar refractivity (Wildman–Crippen MR) is 47.9 cm³/mol. The van der Waals surface area contributed by atoms with Gasteiger partial charge in [-0.15, -0.1) is 0 Å². The third-order valence-corrected chi connectivity index (χ3v) is 5.12. The molecule has 0 spiro atoms. The van der Waals surface area contributed by atoms with E-state index in [0.717, 1.165) is 26.2 Å². The number of hydrogen-bond donors (Lipinski definition) is 1. The summed E-state index contributed by atoms with van der Waals surface area (Å²) in [6.07, 6.45) is 1.05. The average molecular weight is 196 g/mol. The molecule has 0 N–H and O–H groups in total. The van der Waals surface area contributed by atoms with Gasteiger partial charge in [-0.2, -0.15) is 0 Å². The summed E-state index contributed by atoms with van der Waals surface area (Å²) in [6.45, 7) is 4.42. The van der Waals surface area contributed by atoms with Crippen molar-refractivity contribution in [2.45, 2.75) is 13.3 Å². The molecule has 0 aromatic heterocycles. The number of rotatable bonds is 1. The predicted octanol–water partition coefficient (Wildman–Crippen LogP) is 1.80. The fraction of sp³-hybridized carbons (Fsp3) is 1.00. The maximum absolute atomic E-state index is 5.42. The van der Waals surface area contributed by atoms with Crippen molar-refractivity contribution < 1.29 is 13.6 Å². The Kier molecular flexibility index (Phi) is 1.93. The summed E-state index contributed by atoms with van der Waals surface area (Å²) in [5, 5.41) is 0. The Hall–Kier alpha value is 0.660. The molecule has 0 aliphatic carbocycles. The summed E-state index contributed by atoms with van der Waals surface area (Å²) in [6, 6.07) is 0. The molecule has 0 aromatic rings. The third-order valence-electron chi connectivity index (χ3n) is 2.43. The van der Waals surface area contributed by atoms with E-state index >= 15 is 0 Å². The van der Waals surface area contributed by atoms with Gasteiger partial charge in [-0.3, -0.25) is 0 Å². The van der Waals surface area contributed by atoms with Crippen molar-refractivity contribution in [1.82, 2.24) is 0 Å². The summed E-state index contributed by atoms with van der Waals surface area (Å²) < 4.78 is 16.3. The number of thiol groups is 1. The van der Waals surface area contributed by atoms with Crippen molar-refractivity contribution in [3.63, 3.8) is 0 Å². The molecule has 2 bridgehead atoms. The molecule has 0 saturated carbocycles. The molecule has 5 heteroatoms. The monoisotopic (exact) mass is 196 g/mol. The van der Waals surface area contributed by atoms with Crippen molar-refractivity contribution in [3.05, 3.63) is 0 Å². The van der Waals surface area contributed by atoms with E-state index in [4.69, 9.17) is 13.6 Å². The molecule has 3 aliphatic rings. The molecule has 0 amide bonds. The molecule has 0 radical (unpaired) electrons. The first-order chi connectivity index (χ1) is 5.18. The molecule has 11 heavy (non-hydrogen) atoms. The molecule has 3 fully saturated rings. The zero-order valence-corrected chi connectivity index (χ0v) is 8.39. The van der Waals surface area contributed by atoms with Crippen molar-refractivity contribution in [3.8, 4) is 0 Å². The number of fused-ring (bicyclic) bond motifs is 3. The summed E-state index contributed by atoms with van der Waals surface area (Å²) in [5.41, 5.74) is 0.123. The van der Waals surface area contributed by atoms with Crippen LogP contribution in [0.15, 0.2) is 0 Å². The maximum atomic E-state index is 5.42. The first-order valence-corrected chi connectivity index (χ1v) is 6.84. The third kappa shape index (κ3) is 1.31. The topological polar surface area (TPSA) is 27.7 Å². The van der Waals surface area contributed by atoms with Gasteiger partial charge >= 0.3 is 71.5 Å². The van der Waals surface area contributed by atoms with E-state index in [9.17, 15) is 0 Å². The van der Waals surface area contributed by atoms with E-state index in [1.807, 2.05) is 0 Å². The van der Waals surface area contributed by atoms with Gasteiger partial charge in [0.05, 0.1) is 0 Å². The second-order valence-corrected chi connectivity index (χ2v) is 6.80. The SMILES string of the molecule is CCC12CO[PH](S)(OC1)OC2. The second-order valence-electron chi connectivity index (χ2n) is 3.24. The summed E-state index contributed by atoms with van der Waals surface area (Å²) in [4.78, 5) is 0. The van der Waals surface area contributed by atoms with E-state index in [-0.39, 0.29) is 5.41 Å². The molecule has 0 aromatic carbocycles. The number of hydrogen-bond acceptors (Lipinski definition) is 4. The van der Waals surface area contributed by atoms with E-state index < -0.39 is 7.15 Å². The van der Waals surface area contributed by atoms with Crippen LogP contribution in [0.5, 0.6) is 0 Å². The van der Waals surface area contributed by atoms with E-state index in [1.165, 1.54) is 0 Å². The van der Waals surface area contributed by atoms with Gasteiger partial charge in [-0.05, 0) is 0 Å². The molecule has 3 heterocycles.